The van der Waals surface area contributed by atoms with Crippen molar-refractivity contribution in [1.29, 1.82) is 0 Å². The Hall–Kier alpha value is -1.39. The third-order valence-corrected chi connectivity index (χ3v) is 3.29. The van der Waals surface area contributed by atoms with Crippen LogP contribution in [0, 0.1) is 0 Å². The van der Waals surface area contributed by atoms with Gasteiger partial charge < -0.3 is 14.8 Å². The zero-order valence-corrected chi connectivity index (χ0v) is 12.2. The Balaban J connectivity index is 1.96. The summed E-state index contributed by atoms with van der Waals surface area (Å²) in [4.78, 5) is 6.92. The Kier molecular flexibility index (Phi) is 4.93. The Morgan fingerprint density at radius 1 is 1.26 bits per heavy atom. The van der Waals surface area contributed by atoms with Gasteiger partial charge in [0.05, 0.1) is 17.6 Å². The first-order valence-electron chi connectivity index (χ1n) is 7.02. The lowest BCUT2D eigenvalue weighted by atomic mass is 10.3. The van der Waals surface area contributed by atoms with Gasteiger partial charge in [-0.3, -0.25) is 0 Å². The fourth-order valence-corrected chi connectivity index (χ4v) is 2.33. The number of hydrogen-bond donors (Lipinski definition) is 1. The van der Waals surface area contributed by atoms with Gasteiger partial charge >= 0.3 is 0 Å². The van der Waals surface area contributed by atoms with Gasteiger partial charge in [0.15, 0.2) is 0 Å². The molecule has 0 saturated carbocycles. The highest BCUT2D eigenvalue weighted by molar-refractivity contribution is 5.75. The quantitative estimate of drug-likeness (QED) is 0.774. The topological polar surface area (TPSA) is 33.1 Å². The zero-order chi connectivity index (χ0) is 13.7. The number of para-hydroxylation sites is 2. The van der Waals surface area contributed by atoms with Crippen molar-refractivity contribution < 1.29 is 0 Å². The predicted molar refractivity (Wildman–Crippen MR) is 80.3 cm³/mol. The predicted octanol–water partition coefficient (Wildman–Crippen LogP) is 2.10. The monoisotopic (exact) mass is 260 g/mol. The molecule has 1 aromatic carbocycles. The normalized spacial score (nSPS) is 11.6. The van der Waals surface area contributed by atoms with Crippen LogP contribution in [0.25, 0.3) is 11.0 Å². The zero-order valence-electron chi connectivity index (χ0n) is 12.2. The van der Waals surface area contributed by atoms with E-state index in [0.29, 0.717) is 0 Å². The van der Waals surface area contributed by atoms with Gasteiger partial charge in [-0.15, -0.1) is 0 Å². The minimum Gasteiger partial charge on any atom is -0.327 e. The summed E-state index contributed by atoms with van der Waals surface area (Å²) in [5, 5.41) is 3.48. The van der Waals surface area contributed by atoms with Gasteiger partial charge in [0, 0.05) is 6.54 Å². The SMILES string of the molecule is CCn1c(CNCCCN(C)C)nc2ccccc21. The van der Waals surface area contributed by atoms with Crippen molar-refractivity contribution in [3.63, 3.8) is 0 Å². The van der Waals surface area contributed by atoms with Gasteiger partial charge in [-0.2, -0.15) is 0 Å². The van der Waals surface area contributed by atoms with E-state index in [9.17, 15) is 0 Å². The second kappa shape index (κ2) is 6.68. The second-order valence-corrected chi connectivity index (χ2v) is 5.09. The summed E-state index contributed by atoms with van der Waals surface area (Å²) >= 11 is 0. The Labute approximate surface area is 115 Å². The van der Waals surface area contributed by atoms with E-state index < -0.39 is 0 Å². The first-order chi connectivity index (χ1) is 9.22. The molecule has 0 unspecified atom stereocenters. The van der Waals surface area contributed by atoms with E-state index in [1.54, 1.807) is 0 Å². The largest absolute Gasteiger partial charge is 0.327 e. The summed E-state index contributed by atoms with van der Waals surface area (Å²) in [5.41, 5.74) is 2.32. The maximum atomic E-state index is 4.71. The van der Waals surface area contributed by atoms with Gasteiger partial charge in [0.2, 0.25) is 0 Å². The summed E-state index contributed by atoms with van der Waals surface area (Å²) < 4.78 is 2.29. The lowest BCUT2D eigenvalue weighted by molar-refractivity contribution is 0.393. The van der Waals surface area contributed by atoms with E-state index in [2.05, 4.69) is 54.0 Å². The number of benzene rings is 1. The minimum absolute atomic E-state index is 0.843. The van der Waals surface area contributed by atoms with Crippen molar-refractivity contribution in [3.8, 4) is 0 Å². The number of fused-ring (bicyclic) bond motifs is 1. The van der Waals surface area contributed by atoms with Crippen LogP contribution in [0.15, 0.2) is 24.3 Å². The van der Waals surface area contributed by atoms with E-state index in [-0.39, 0.29) is 0 Å². The van der Waals surface area contributed by atoms with Crippen LogP contribution in [-0.2, 0) is 13.1 Å². The van der Waals surface area contributed by atoms with Crippen molar-refractivity contribution >= 4 is 11.0 Å². The maximum Gasteiger partial charge on any atom is 0.123 e. The van der Waals surface area contributed by atoms with E-state index >= 15 is 0 Å². The molecule has 1 aromatic heterocycles. The van der Waals surface area contributed by atoms with E-state index in [1.807, 2.05) is 6.07 Å². The van der Waals surface area contributed by atoms with Crippen LogP contribution in [0.3, 0.4) is 0 Å². The molecule has 0 amide bonds. The molecule has 2 rings (SSSR count). The van der Waals surface area contributed by atoms with E-state index in [1.165, 1.54) is 11.9 Å². The van der Waals surface area contributed by atoms with Crippen LogP contribution in [0.5, 0.6) is 0 Å². The first kappa shape index (κ1) is 14.0. The summed E-state index contributed by atoms with van der Waals surface area (Å²) in [6.45, 7) is 6.14. The lowest BCUT2D eigenvalue weighted by Gasteiger charge is -2.10. The van der Waals surface area contributed by atoms with Gasteiger partial charge in [0.1, 0.15) is 5.82 Å². The molecule has 104 valence electrons. The van der Waals surface area contributed by atoms with Crippen molar-refractivity contribution in [2.24, 2.45) is 0 Å². The third kappa shape index (κ3) is 3.55. The maximum absolute atomic E-state index is 4.71. The Bertz CT molecular complexity index is 516. The van der Waals surface area contributed by atoms with Crippen molar-refractivity contribution in [2.45, 2.75) is 26.4 Å². The van der Waals surface area contributed by atoms with Crippen molar-refractivity contribution in [3.05, 3.63) is 30.1 Å². The van der Waals surface area contributed by atoms with Crippen LogP contribution in [0.1, 0.15) is 19.2 Å². The van der Waals surface area contributed by atoms with Gasteiger partial charge in [-0.05, 0) is 52.7 Å². The molecule has 1 N–H and O–H groups in total. The molecule has 4 nitrogen and oxygen atoms in total. The highest BCUT2D eigenvalue weighted by Gasteiger charge is 2.07. The van der Waals surface area contributed by atoms with Crippen LogP contribution < -0.4 is 5.32 Å². The summed E-state index contributed by atoms with van der Waals surface area (Å²) in [6, 6.07) is 8.34. The first-order valence-corrected chi connectivity index (χ1v) is 7.02. The molecule has 2 aromatic rings. The summed E-state index contributed by atoms with van der Waals surface area (Å²) in [5.74, 6) is 1.13. The van der Waals surface area contributed by atoms with Crippen LogP contribution in [-0.4, -0.2) is 41.6 Å². The van der Waals surface area contributed by atoms with Gasteiger partial charge in [0.25, 0.3) is 0 Å². The molecule has 0 atom stereocenters. The lowest BCUT2D eigenvalue weighted by Crippen LogP contribution is -2.22. The standard InChI is InChI=1S/C15H24N4/c1-4-19-14-9-6-5-8-13(14)17-15(19)12-16-10-7-11-18(2)3/h5-6,8-9,16H,4,7,10-12H2,1-3H3. The molecule has 0 aliphatic carbocycles. The third-order valence-electron chi connectivity index (χ3n) is 3.29. The number of rotatable bonds is 7. The highest BCUT2D eigenvalue weighted by Crippen LogP contribution is 2.15. The molecule has 0 aliphatic rings. The van der Waals surface area contributed by atoms with E-state index in [0.717, 1.165) is 37.5 Å². The smallest absolute Gasteiger partial charge is 0.123 e. The number of nitrogens with zero attached hydrogens (tertiary/aromatic N) is 3. The highest BCUT2D eigenvalue weighted by atomic mass is 15.1. The summed E-state index contributed by atoms with van der Waals surface area (Å²) in [6.07, 6.45) is 1.17. The van der Waals surface area contributed by atoms with Crippen molar-refractivity contribution in [1.82, 2.24) is 19.8 Å². The average molecular weight is 260 g/mol. The molecular formula is C15H24N4. The number of nitrogens with one attached hydrogen (secondary N) is 1. The molecule has 4 heteroatoms. The van der Waals surface area contributed by atoms with Crippen LogP contribution in [0.2, 0.25) is 0 Å². The van der Waals surface area contributed by atoms with Crippen LogP contribution in [0.4, 0.5) is 0 Å². The molecular weight excluding hydrogens is 236 g/mol. The Morgan fingerprint density at radius 2 is 2.05 bits per heavy atom. The van der Waals surface area contributed by atoms with Crippen LogP contribution >= 0.6 is 0 Å². The molecule has 0 fully saturated rings. The molecule has 0 bridgehead atoms. The number of aryl methyl sites for hydroxylation is 1. The number of hydrogen-bond acceptors (Lipinski definition) is 3. The fraction of sp³-hybridized carbons (Fsp3) is 0.533. The average Bonchev–Trinajstić information content (AvgIpc) is 2.75. The molecule has 0 aliphatic heterocycles. The molecule has 19 heavy (non-hydrogen) atoms. The number of imidazole rings is 1. The Morgan fingerprint density at radius 3 is 2.79 bits per heavy atom. The van der Waals surface area contributed by atoms with E-state index in [4.69, 9.17) is 4.98 Å². The molecule has 1 heterocycles. The van der Waals surface area contributed by atoms with Gasteiger partial charge in [-0.25, -0.2) is 4.98 Å². The second-order valence-electron chi connectivity index (χ2n) is 5.09. The minimum atomic E-state index is 0.843. The summed E-state index contributed by atoms with van der Waals surface area (Å²) in [7, 11) is 4.22. The number of aromatic nitrogens is 2. The molecule has 0 saturated heterocycles. The molecule has 0 radical (unpaired) electrons. The van der Waals surface area contributed by atoms with Crippen molar-refractivity contribution in [2.75, 3.05) is 27.2 Å². The molecule has 0 spiro atoms. The van der Waals surface area contributed by atoms with Gasteiger partial charge in [-0.1, -0.05) is 12.1 Å². The fourth-order valence-electron chi connectivity index (χ4n) is 2.33.